The van der Waals surface area contributed by atoms with E-state index >= 15 is 0 Å². The van der Waals surface area contributed by atoms with Gasteiger partial charge in [-0.05, 0) is 26.8 Å². The Bertz CT molecular complexity index is 240. The molecule has 3 N–H and O–H groups in total. The van der Waals surface area contributed by atoms with Gasteiger partial charge in [-0.15, -0.1) is 0 Å². The van der Waals surface area contributed by atoms with Gasteiger partial charge in [0.15, 0.2) is 0 Å². The SMILES string of the molecule is CCNC(=O)N/C(=C/C=C(C)C)NC. The van der Waals surface area contributed by atoms with Gasteiger partial charge >= 0.3 is 6.03 Å². The van der Waals surface area contributed by atoms with Crippen molar-refractivity contribution in [3.63, 3.8) is 0 Å². The van der Waals surface area contributed by atoms with Gasteiger partial charge in [0.1, 0.15) is 5.82 Å². The number of carbonyl (C=O) groups is 1. The van der Waals surface area contributed by atoms with Crippen molar-refractivity contribution in [1.29, 1.82) is 0 Å². The minimum Gasteiger partial charge on any atom is -0.375 e. The van der Waals surface area contributed by atoms with Crippen LogP contribution >= 0.6 is 0 Å². The third-order valence-electron chi connectivity index (χ3n) is 1.44. The first-order valence-electron chi connectivity index (χ1n) is 4.68. The maximum absolute atomic E-state index is 11.1. The molecule has 0 saturated carbocycles. The first kappa shape index (κ1) is 12.6. The van der Waals surface area contributed by atoms with Crippen LogP contribution in [0, 0.1) is 0 Å². The normalized spacial score (nSPS) is 10.4. The first-order chi connectivity index (χ1) is 6.60. The fourth-order valence-corrected chi connectivity index (χ4v) is 0.765. The minimum absolute atomic E-state index is 0.199. The van der Waals surface area contributed by atoms with E-state index < -0.39 is 0 Å². The zero-order valence-electron chi connectivity index (χ0n) is 9.27. The first-order valence-corrected chi connectivity index (χ1v) is 4.68. The van der Waals surface area contributed by atoms with Crippen LogP contribution in [0.25, 0.3) is 0 Å². The molecule has 0 fully saturated rings. The summed E-state index contributed by atoms with van der Waals surface area (Å²) >= 11 is 0. The van der Waals surface area contributed by atoms with Crippen LogP contribution < -0.4 is 16.0 Å². The molecule has 0 bridgehead atoms. The molecule has 4 heteroatoms. The smallest absolute Gasteiger partial charge is 0.320 e. The second-order valence-corrected chi connectivity index (χ2v) is 3.06. The van der Waals surface area contributed by atoms with Crippen LogP contribution in [-0.2, 0) is 0 Å². The molecule has 0 rings (SSSR count). The molecule has 80 valence electrons. The molecule has 0 aromatic carbocycles. The molecule has 0 saturated heterocycles. The quantitative estimate of drug-likeness (QED) is 0.596. The van der Waals surface area contributed by atoms with Crippen LogP contribution in [0.5, 0.6) is 0 Å². The van der Waals surface area contributed by atoms with Gasteiger partial charge in [-0.2, -0.15) is 0 Å². The molecule has 14 heavy (non-hydrogen) atoms. The molecule has 0 aromatic rings. The van der Waals surface area contributed by atoms with Gasteiger partial charge in [0.2, 0.25) is 0 Å². The van der Waals surface area contributed by atoms with E-state index in [0.29, 0.717) is 12.4 Å². The molecule has 0 unspecified atom stereocenters. The van der Waals surface area contributed by atoms with Crippen LogP contribution in [-0.4, -0.2) is 19.6 Å². The van der Waals surface area contributed by atoms with E-state index in [1.54, 1.807) is 7.05 Å². The standard InChI is InChI=1S/C10H19N3O/c1-5-12-10(14)13-9(11-4)7-6-8(2)3/h6-7,11H,5H2,1-4H3,(H2,12,13,14)/b9-7+. The van der Waals surface area contributed by atoms with Crippen LogP contribution in [0.15, 0.2) is 23.5 Å². The zero-order valence-corrected chi connectivity index (χ0v) is 9.27. The van der Waals surface area contributed by atoms with Crippen LogP contribution in [0.1, 0.15) is 20.8 Å². The molecule has 0 radical (unpaired) electrons. The van der Waals surface area contributed by atoms with E-state index in [4.69, 9.17) is 0 Å². The molecule has 2 amide bonds. The van der Waals surface area contributed by atoms with Crippen molar-refractivity contribution in [2.24, 2.45) is 0 Å². The summed E-state index contributed by atoms with van der Waals surface area (Å²) in [6, 6.07) is -0.199. The number of urea groups is 1. The van der Waals surface area contributed by atoms with Gasteiger partial charge < -0.3 is 10.6 Å². The van der Waals surface area contributed by atoms with Gasteiger partial charge in [-0.3, -0.25) is 5.32 Å². The molecule has 0 heterocycles. The summed E-state index contributed by atoms with van der Waals surface area (Å²) in [6.45, 7) is 6.48. The Kier molecular flexibility index (Phi) is 6.28. The summed E-state index contributed by atoms with van der Waals surface area (Å²) in [7, 11) is 1.76. The van der Waals surface area contributed by atoms with Crippen LogP contribution in [0.4, 0.5) is 4.79 Å². The summed E-state index contributed by atoms with van der Waals surface area (Å²) < 4.78 is 0. The molecule has 0 aliphatic heterocycles. The zero-order chi connectivity index (χ0) is 11.0. The van der Waals surface area contributed by atoms with Crippen LogP contribution in [0.2, 0.25) is 0 Å². The summed E-state index contributed by atoms with van der Waals surface area (Å²) in [5.74, 6) is 0.678. The Morgan fingerprint density at radius 2 is 1.93 bits per heavy atom. The van der Waals surface area contributed by atoms with Gasteiger partial charge in [-0.25, -0.2) is 4.79 Å². The van der Waals surface area contributed by atoms with Gasteiger partial charge in [-0.1, -0.05) is 11.6 Å². The number of amides is 2. The monoisotopic (exact) mass is 197 g/mol. The predicted molar refractivity (Wildman–Crippen MR) is 58.8 cm³/mol. The Balaban J connectivity index is 4.22. The molecule has 0 atom stereocenters. The molecule has 0 aliphatic carbocycles. The molecular weight excluding hydrogens is 178 g/mol. The minimum atomic E-state index is -0.199. The topological polar surface area (TPSA) is 53.2 Å². The third-order valence-corrected chi connectivity index (χ3v) is 1.44. The van der Waals surface area contributed by atoms with Crippen molar-refractivity contribution in [2.45, 2.75) is 20.8 Å². The summed E-state index contributed by atoms with van der Waals surface area (Å²) in [5.41, 5.74) is 1.18. The second kappa shape index (κ2) is 7.00. The highest BCUT2D eigenvalue weighted by Crippen LogP contribution is 1.91. The number of allylic oxidation sites excluding steroid dienone is 3. The lowest BCUT2D eigenvalue weighted by atomic mass is 10.3. The lowest BCUT2D eigenvalue weighted by molar-refractivity contribution is 0.243. The average Bonchev–Trinajstić information content (AvgIpc) is 2.12. The van der Waals surface area contributed by atoms with E-state index in [0.717, 1.165) is 0 Å². The summed E-state index contributed by atoms with van der Waals surface area (Å²) in [5, 5.41) is 8.22. The molecule has 4 nitrogen and oxygen atoms in total. The number of hydrogen-bond donors (Lipinski definition) is 3. The van der Waals surface area contributed by atoms with E-state index in [-0.39, 0.29) is 6.03 Å². The third kappa shape index (κ3) is 6.11. The van der Waals surface area contributed by atoms with E-state index in [9.17, 15) is 4.79 Å². The highest BCUT2D eigenvalue weighted by atomic mass is 16.2. The number of nitrogens with one attached hydrogen (secondary N) is 3. The highest BCUT2D eigenvalue weighted by molar-refractivity contribution is 5.75. The average molecular weight is 197 g/mol. The predicted octanol–water partition coefficient (Wildman–Crippen LogP) is 1.33. The molecule has 0 spiro atoms. The maximum atomic E-state index is 11.1. The molecule has 0 aliphatic rings. The number of carbonyl (C=O) groups excluding carboxylic acids is 1. The van der Waals surface area contributed by atoms with Crippen molar-refractivity contribution in [1.82, 2.24) is 16.0 Å². The van der Waals surface area contributed by atoms with E-state index in [1.807, 2.05) is 32.9 Å². The largest absolute Gasteiger partial charge is 0.375 e. The molecule has 0 aromatic heterocycles. The Hall–Kier alpha value is -1.45. The van der Waals surface area contributed by atoms with Crippen molar-refractivity contribution >= 4 is 6.03 Å². The van der Waals surface area contributed by atoms with Crippen molar-refractivity contribution < 1.29 is 4.79 Å². The molecular formula is C10H19N3O. The lowest BCUT2D eigenvalue weighted by Crippen LogP contribution is -2.38. The van der Waals surface area contributed by atoms with Gasteiger partial charge in [0, 0.05) is 13.6 Å². The Labute approximate surface area is 85.5 Å². The summed E-state index contributed by atoms with van der Waals surface area (Å²) in [6.07, 6.45) is 3.75. The Morgan fingerprint density at radius 3 is 2.36 bits per heavy atom. The van der Waals surface area contributed by atoms with Gasteiger partial charge in [0.05, 0.1) is 0 Å². The fourth-order valence-electron chi connectivity index (χ4n) is 0.765. The lowest BCUT2D eigenvalue weighted by Gasteiger charge is -2.08. The van der Waals surface area contributed by atoms with Crippen molar-refractivity contribution in [2.75, 3.05) is 13.6 Å². The van der Waals surface area contributed by atoms with Gasteiger partial charge in [0.25, 0.3) is 0 Å². The van der Waals surface area contributed by atoms with Crippen LogP contribution in [0.3, 0.4) is 0 Å². The van der Waals surface area contributed by atoms with Crippen molar-refractivity contribution in [3.8, 4) is 0 Å². The van der Waals surface area contributed by atoms with E-state index in [2.05, 4.69) is 16.0 Å². The van der Waals surface area contributed by atoms with E-state index in [1.165, 1.54) is 5.57 Å². The summed E-state index contributed by atoms with van der Waals surface area (Å²) in [4.78, 5) is 11.1. The van der Waals surface area contributed by atoms with Crippen molar-refractivity contribution in [3.05, 3.63) is 23.5 Å². The Morgan fingerprint density at radius 1 is 1.29 bits per heavy atom. The number of hydrogen-bond acceptors (Lipinski definition) is 2. The highest BCUT2D eigenvalue weighted by Gasteiger charge is 1.98. The fraction of sp³-hybridized carbons (Fsp3) is 0.500. The maximum Gasteiger partial charge on any atom is 0.320 e. The number of rotatable bonds is 4. The second-order valence-electron chi connectivity index (χ2n) is 3.06.